The molecule has 26 heavy (non-hydrogen) atoms. The molecule has 1 amide bonds. The summed E-state index contributed by atoms with van der Waals surface area (Å²) in [6.45, 7) is 12.3. The van der Waals surface area contributed by atoms with E-state index in [9.17, 15) is 4.79 Å². The first kappa shape index (κ1) is 21.7. The number of guanidine groups is 1. The highest BCUT2D eigenvalue weighted by Crippen LogP contribution is 2.51. The van der Waals surface area contributed by atoms with Crippen LogP contribution in [0, 0.1) is 10.8 Å². The lowest BCUT2D eigenvalue weighted by Crippen LogP contribution is -2.70. The SMILES string of the molecule is CCN=C(NC1CC(C)(OC)C1(C)C)N1CCCC2(CNC(=O)C2)C1.I. The van der Waals surface area contributed by atoms with Gasteiger partial charge in [0.2, 0.25) is 5.91 Å². The Morgan fingerprint density at radius 1 is 1.42 bits per heavy atom. The molecule has 0 radical (unpaired) electrons. The number of amides is 1. The zero-order chi connectivity index (χ0) is 18.3. The van der Waals surface area contributed by atoms with Crippen LogP contribution in [-0.4, -0.2) is 61.7 Å². The number of ether oxygens (including phenoxy) is 1. The molecule has 0 aromatic heterocycles. The summed E-state index contributed by atoms with van der Waals surface area (Å²) < 4.78 is 5.75. The number of carbonyl (C=O) groups excluding carboxylic acids is 1. The topological polar surface area (TPSA) is 66.0 Å². The fourth-order valence-electron chi connectivity index (χ4n) is 4.69. The fraction of sp³-hybridized carbons (Fsp3) is 0.895. The van der Waals surface area contributed by atoms with Crippen molar-refractivity contribution in [2.45, 2.75) is 65.0 Å². The molecule has 3 aliphatic rings. The molecule has 1 saturated carbocycles. The second-order valence-electron chi connectivity index (χ2n) is 8.83. The minimum atomic E-state index is -0.0904. The Kier molecular flexibility index (Phi) is 6.53. The lowest BCUT2D eigenvalue weighted by molar-refractivity contribution is -0.177. The van der Waals surface area contributed by atoms with E-state index in [1.807, 2.05) is 0 Å². The predicted molar refractivity (Wildman–Crippen MR) is 115 cm³/mol. The standard InChI is InChI=1S/C19H34N4O2.HI/c1-6-20-16(22-14-10-18(4,25-5)17(14,2)3)23-9-7-8-19(13-23)11-15(24)21-12-19;/h14H,6-13H2,1-5H3,(H,20,22)(H,21,24);1H. The van der Waals surface area contributed by atoms with Gasteiger partial charge in [0.1, 0.15) is 0 Å². The van der Waals surface area contributed by atoms with Crippen molar-refractivity contribution in [1.29, 1.82) is 0 Å². The van der Waals surface area contributed by atoms with Gasteiger partial charge in [-0.15, -0.1) is 24.0 Å². The van der Waals surface area contributed by atoms with Crippen molar-refractivity contribution in [3.63, 3.8) is 0 Å². The number of aliphatic imine (C=N–C) groups is 1. The summed E-state index contributed by atoms with van der Waals surface area (Å²) in [6, 6.07) is 0.351. The van der Waals surface area contributed by atoms with Crippen molar-refractivity contribution in [3.8, 4) is 0 Å². The average molecular weight is 478 g/mol. The number of hydrogen-bond donors (Lipinski definition) is 2. The van der Waals surface area contributed by atoms with Gasteiger partial charge in [0.25, 0.3) is 0 Å². The van der Waals surface area contributed by atoms with E-state index in [1.165, 1.54) is 0 Å². The summed E-state index contributed by atoms with van der Waals surface area (Å²) in [4.78, 5) is 18.9. The van der Waals surface area contributed by atoms with Crippen LogP contribution in [0.3, 0.4) is 0 Å². The summed E-state index contributed by atoms with van der Waals surface area (Å²) >= 11 is 0. The maximum absolute atomic E-state index is 11.8. The Bertz CT molecular complexity index is 568. The van der Waals surface area contributed by atoms with E-state index in [4.69, 9.17) is 9.73 Å². The first-order valence-electron chi connectivity index (χ1n) is 9.63. The number of nitrogens with zero attached hydrogens (tertiary/aromatic N) is 2. The molecule has 2 aliphatic heterocycles. The van der Waals surface area contributed by atoms with Crippen molar-refractivity contribution in [2.75, 3.05) is 33.3 Å². The van der Waals surface area contributed by atoms with Gasteiger partial charge in [0.15, 0.2) is 5.96 Å². The molecule has 150 valence electrons. The summed E-state index contributed by atoms with van der Waals surface area (Å²) in [7, 11) is 1.80. The third kappa shape index (κ3) is 3.70. The summed E-state index contributed by atoms with van der Waals surface area (Å²) in [5, 5.41) is 6.74. The van der Waals surface area contributed by atoms with Gasteiger partial charge >= 0.3 is 0 Å². The number of methoxy groups -OCH3 is 1. The van der Waals surface area contributed by atoms with E-state index in [0.29, 0.717) is 12.5 Å². The van der Waals surface area contributed by atoms with Gasteiger partial charge in [0.05, 0.1) is 5.60 Å². The molecule has 2 heterocycles. The molecule has 3 rings (SSSR count). The number of rotatable bonds is 3. The second kappa shape index (κ2) is 7.81. The van der Waals surface area contributed by atoms with E-state index in [1.54, 1.807) is 7.11 Å². The van der Waals surface area contributed by atoms with Gasteiger partial charge in [-0.1, -0.05) is 13.8 Å². The van der Waals surface area contributed by atoms with Gasteiger partial charge < -0.3 is 20.3 Å². The molecule has 2 N–H and O–H groups in total. The highest BCUT2D eigenvalue weighted by molar-refractivity contribution is 14.0. The number of piperidine rings is 1. The second-order valence-corrected chi connectivity index (χ2v) is 8.83. The van der Waals surface area contributed by atoms with Crippen LogP contribution >= 0.6 is 24.0 Å². The Morgan fingerprint density at radius 3 is 2.69 bits per heavy atom. The molecule has 6 nitrogen and oxygen atoms in total. The average Bonchev–Trinajstić information content (AvgIpc) is 2.93. The largest absolute Gasteiger partial charge is 0.378 e. The number of carbonyl (C=O) groups is 1. The van der Waals surface area contributed by atoms with E-state index in [0.717, 1.165) is 51.4 Å². The van der Waals surface area contributed by atoms with Crippen LogP contribution in [-0.2, 0) is 9.53 Å². The Hall–Kier alpha value is -0.570. The van der Waals surface area contributed by atoms with Crippen molar-refractivity contribution in [2.24, 2.45) is 15.8 Å². The monoisotopic (exact) mass is 478 g/mol. The van der Waals surface area contributed by atoms with Crippen LogP contribution in [0.5, 0.6) is 0 Å². The summed E-state index contributed by atoms with van der Waals surface area (Å²) in [5.41, 5.74) is 0.0449. The van der Waals surface area contributed by atoms with Crippen LogP contribution in [0.2, 0.25) is 0 Å². The number of hydrogen-bond acceptors (Lipinski definition) is 3. The fourth-order valence-corrected chi connectivity index (χ4v) is 4.69. The Morgan fingerprint density at radius 2 is 2.15 bits per heavy atom. The molecule has 0 aromatic carbocycles. The van der Waals surface area contributed by atoms with E-state index in [2.05, 4.69) is 43.2 Å². The summed E-state index contributed by atoms with van der Waals surface area (Å²) in [6.07, 6.45) is 3.87. The molecular weight excluding hydrogens is 443 g/mol. The molecule has 1 aliphatic carbocycles. The molecule has 1 spiro atoms. The lowest BCUT2D eigenvalue weighted by Gasteiger charge is -2.59. The molecule has 3 atom stereocenters. The Balaban J connectivity index is 0.00000243. The minimum Gasteiger partial charge on any atom is -0.378 e. The maximum Gasteiger partial charge on any atom is 0.220 e. The molecule has 3 unspecified atom stereocenters. The molecule has 7 heteroatoms. The first-order chi connectivity index (χ1) is 11.8. The van der Waals surface area contributed by atoms with E-state index >= 15 is 0 Å². The minimum absolute atomic E-state index is 0. The predicted octanol–water partition coefficient (Wildman–Crippen LogP) is 2.38. The first-order valence-corrected chi connectivity index (χ1v) is 9.63. The molecule has 0 aromatic rings. The van der Waals surface area contributed by atoms with Crippen molar-refractivity contribution >= 4 is 35.8 Å². The number of nitrogens with one attached hydrogen (secondary N) is 2. The third-order valence-electron chi connectivity index (χ3n) is 7.05. The molecule has 3 fully saturated rings. The van der Waals surface area contributed by atoms with Gasteiger partial charge in [-0.05, 0) is 33.1 Å². The zero-order valence-corrected chi connectivity index (χ0v) is 19.2. The van der Waals surface area contributed by atoms with Crippen molar-refractivity contribution < 1.29 is 9.53 Å². The van der Waals surface area contributed by atoms with Crippen LogP contribution in [0.15, 0.2) is 4.99 Å². The highest BCUT2D eigenvalue weighted by Gasteiger charge is 2.58. The lowest BCUT2D eigenvalue weighted by atomic mass is 9.56. The van der Waals surface area contributed by atoms with Crippen LogP contribution in [0.1, 0.15) is 53.4 Å². The maximum atomic E-state index is 11.8. The highest BCUT2D eigenvalue weighted by atomic mass is 127. The quantitative estimate of drug-likeness (QED) is 0.372. The van der Waals surface area contributed by atoms with Gasteiger partial charge in [-0.2, -0.15) is 0 Å². The third-order valence-corrected chi connectivity index (χ3v) is 7.05. The van der Waals surface area contributed by atoms with Gasteiger partial charge in [0, 0.05) is 56.6 Å². The van der Waals surface area contributed by atoms with E-state index in [-0.39, 0.29) is 46.3 Å². The van der Waals surface area contributed by atoms with Crippen LogP contribution < -0.4 is 10.6 Å². The van der Waals surface area contributed by atoms with Crippen LogP contribution in [0.25, 0.3) is 0 Å². The van der Waals surface area contributed by atoms with Crippen molar-refractivity contribution in [3.05, 3.63) is 0 Å². The summed E-state index contributed by atoms with van der Waals surface area (Å²) in [5.74, 6) is 1.19. The number of halogens is 1. The van der Waals surface area contributed by atoms with Gasteiger partial charge in [-0.3, -0.25) is 9.79 Å². The smallest absolute Gasteiger partial charge is 0.220 e. The van der Waals surface area contributed by atoms with Crippen LogP contribution in [0.4, 0.5) is 0 Å². The molecule has 0 bridgehead atoms. The normalized spacial score (nSPS) is 36.3. The van der Waals surface area contributed by atoms with Crippen molar-refractivity contribution in [1.82, 2.24) is 15.5 Å². The van der Waals surface area contributed by atoms with Gasteiger partial charge in [-0.25, -0.2) is 0 Å². The number of likely N-dealkylation sites (tertiary alicyclic amines) is 1. The molecule has 2 saturated heterocycles. The Labute approximate surface area is 174 Å². The molecular formula is C19H35IN4O2. The van der Waals surface area contributed by atoms with E-state index < -0.39 is 0 Å². The zero-order valence-electron chi connectivity index (χ0n) is 16.9.